The summed E-state index contributed by atoms with van der Waals surface area (Å²) in [5.41, 5.74) is 2.75. The Hall–Kier alpha value is -0.770. The number of aliphatic hydroxyl groups excluding tert-OH is 1. The van der Waals surface area contributed by atoms with E-state index in [0.717, 1.165) is 23.0 Å². The van der Waals surface area contributed by atoms with Crippen molar-refractivity contribution in [3.05, 3.63) is 51.3 Å². The second kappa shape index (κ2) is 9.16. The Labute approximate surface area is 186 Å². The molecule has 160 valence electrons. The second-order valence-corrected chi connectivity index (χ2v) is 13.2. The van der Waals surface area contributed by atoms with Crippen molar-refractivity contribution in [3.63, 3.8) is 0 Å². The normalized spacial score (nSPS) is 16.3. The number of benzene rings is 1. The van der Waals surface area contributed by atoms with Gasteiger partial charge in [0.25, 0.3) is 10.0 Å². The van der Waals surface area contributed by atoms with Gasteiger partial charge in [-0.15, -0.1) is 11.3 Å². The molecule has 0 saturated heterocycles. The van der Waals surface area contributed by atoms with E-state index in [2.05, 4.69) is 59.4 Å². The summed E-state index contributed by atoms with van der Waals surface area (Å²) in [6.45, 7) is 4.69. The van der Waals surface area contributed by atoms with Gasteiger partial charge in [-0.1, -0.05) is 24.3 Å². The lowest BCUT2D eigenvalue weighted by atomic mass is 9.88. The van der Waals surface area contributed by atoms with E-state index < -0.39 is 16.1 Å². The Morgan fingerprint density at radius 2 is 1.86 bits per heavy atom. The van der Waals surface area contributed by atoms with Crippen LogP contribution in [0.15, 0.2) is 44.4 Å². The van der Waals surface area contributed by atoms with Crippen LogP contribution < -0.4 is 5.32 Å². The minimum atomic E-state index is -3.58. The van der Waals surface area contributed by atoms with Gasteiger partial charge in [-0.3, -0.25) is 0 Å². The topological polar surface area (TPSA) is 69.6 Å². The van der Waals surface area contributed by atoms with Crippen molar-refractivity contribution in [2.45, 2.75) is 49.0 Å². The van der Waals surface area contributed by atoms with Gasteiger partial charge < -0.3 is 10.4 Å². The molecular weight excluding hydrogens is 472 g/mol. The summed E-state index contributed by atoms with van der Waals surface area (Å²) in [6.07, 6.45) is 2.42. The largest absolute Gasteiger partial charge is 0.390 e. The molecule has 8 heteroatoms. The Morgan fingerprint density at radius 1 is 1.24 bits per heavy atom. The van der Waals surface area contributed by atoms with Crippen LogP contribution in [0.2, 0.25) is 0 Å². The Kier molecular flexibility index (Phi) is 7.23. The van der Waals surface area contributed by atoms with Gasteiger partial charge in [0.05, 0.1) is 9.89 Å². The number of aliphatic hydroxyl groups is 1. The predicted molar refractivity (Wildman–Crippen MR) is 122 cm³/mol. The summed E-state index contributed by atoms with van der Waals surface area (Å²) >= 11 is 4.46. The highest BCUT2D eigenvalue weighted by atomic mass is 79.9. The zero-order valence-electron chi connectivity index (χ0n) is 17.1. The second-order valence-electron chi connectivity index (χ2n) is 8.51. The summed E-state index contributed by atoms with van der Waals surface area (Å²) in [4.78, 5) is 0. The summed E-state index contributed by atoms with van der Waals surface area (Å²) in [5, 5.41) is 13.9. The number of thiophene rings is 1. The Bertz CT molecular complexity index is 918. The molecule has 1 aliphatic rings. The summed E-state index contributed by atoms with van der Waals surface area (Å²) in [5.74, 6) is 0.590. The predicted octanol–water partition coefficient (Wildman–Crippen LogP) is 3.67. The molecule has 29 heavy (non-hydrogen) atoms. The third-order valence-corrected chi connectivity index (χ3v) is 9.35. The molecule has 2 N–H and O–H groups in total. The number of nitrogens with zero attached hydrogens (tertiary/aromatic N) is 1. The summed E-state index contributed by atoms with van der Waals surface area (Å²) in [7, 11) is -2.08. The molecule has 0 aliphatic heterocycles. The lowest BCUT2D eigenvalue weighted by Crippen LogP contribution is -2.47. The van der Waals surface area contributed by atoms with Crippen LogP contribution in [0.4, 0.5) is 0 Å². The van der Waals surface area contributed by atoms with Crippen LogP contribution in [0, 0.1) is 5.92 Å². The molecule has 2 aromatic rings. The number of fused-ring (bicyclic) bond motifs is 1. The highest BCUT2D eigenvalue weighted by Gasteiger charge is 2.29. The van der Waals surface area contributed by atoms with E-state index in [0.29, 0.717) is 12.5 Å². The first kappa shape index (κ1) is 22.9. The lowest BCUT2D eigenvalue weighted by molar-refractivity contribution is 0.135. The third-order valence-electron chi connectivity index (χ3n) is 5.43. The van der Waals surface area contributed by atoms with Crippen LogP contribution in [-0.2, 0) is 22.9 Å². The van der Waals surface area contributed by atoms with Crippen molar-refractivity contribution in [2.75, 3.05) is 20.1 Å². The number of β-amino-alcohol motifs (C(OH)–C–C–N with tert-alkyl or cyclic N) is 1. The fourth-order valence-electron chi connectivity index (χ4n) is 4.03. The lowest BCUT2D eigenvalue weighted by Gasteiger charge is -2.31. The molecule has 0 fully saturated rings. The smallest absolute Gasteiger partial charge is 0.252 e. The van der Waals surface area contributed by atoms with Gasteiger partial charge in [-0.25, -0.2) is 8.42 Å². The fraction of sp³-hybridized carbons (Fsp3) is 0.524. The Morgan fingerprint density at radius 3 is 2.41 bits per heavy atom. The fourth-order valence-corrected chi connectivity index (χ4v) is 7.46. The SMILES string of the molecule is CN(C[C@H](O)CNC(C)(C)CC1Cc2ccccc2C1)S(=O)(=O)c1ccc(Br)s1. The van der Waals surface area contributed by atoms with E-state index >= 15 is 0 Å². The van der Waals surface area contributed by atoms with E-state index in [1.165, 1.54) is 33.8 Å². The zero-order valence-corrected chi connectivity index (χ0v) is 20.3. The number of nitrogens with one attached hydrogen (secondary N) is 1. The number of sulfonamides is 1. The highest BCUT2D eigenvalue weighted by molar-refractivity contribution is 9.11. The van der Waals surface area contributed by atoms with E-state index in [1.54, 1.807) is 12.1 Å². The van der Waals surface area contributed by atoms with Gasteiger partial charge in [0.15, 0.2) is 0 Å². The molecule has 3 rings (SSSR count). The van der Waals surface area contributed by atoms with E-state index in [4.69, 9.17) is 0 Å². The van der Waals surface area contributed by atoms with Crippen LogP contribution in [-0.4, -0.2) is 49.6 Å². The molecule has 1 aliphatic carbocycles. The van der Waals surface area contributed by atoms with Gasteiger partial charge in [-0.2, -0.15) is 4.31 Å². The number of rotatable bonds is 9. The molecule has 0 radical (unpaired) electrons. The molecule has 0 saturated carbocycles. The quantitative estimate of drug-likeness (QED) is 0.550. The Balaban J connectivity index is 1.48. The first-order valence-corrected chi connectivity index (χ1v) is 12.8. The number of halogens is 1. The van der Waals surface area contributed by atoms with Crippen molar-refractivity contribution in [2.24, 2.45) is 5.92 Å². The number of hydrogen-bond donors (Lipinski definition) is 2. The van der Waals surface area contributed by atoms with Crippen molar-refractivity contribution in [1.29, 1.82) is 0 Å². The average Bonchev–Trinajstić information content (AvgIpc) is 3.25. The third kappa shape index (κ3) is 5.89. The van der Waals surface area contributed by atoms with Crippen molar-refractivity contribution in [1.82, 2.24) is 9.62 Å². The van der Waals surface area contributed by atoms with Gasteiger partial charge in [0.1, 0.15) is 4.21 Å². The summed E-state index contributed by atoms with van der Waals surface area (Å²) in [6, 6.07) is 11.9. The molecular formula is C21H29BrN2O3S2. The molecule has 0 unspecified atom stereocenters. The van der Waals surface area contributed by atoms with Crippen molar-refractivity contribution in [3.8, 4) is 0 Å². The first-order valence-electron chi connectivity index (χ1n) is 9.78. The maximum Gasteiger partial charge on any atom is 0.252 e. The maximum atomic E-state index is 12.6. The minimum absolute atomic E-state index is 0.0514. The zero-order chi connectivity index (χ0) is 21.2. The molecule has 0 bridgehead atoms. The molecule has 0 amide bonds. The monoisotopic (exact) mass is 500 g/mol. The molecule has 1 aromatic heterocycles. The van der Waals surface area contributed by atoms with Crippen LogP contribution in [0.1, 0.15) is 31.4 Å². The van der Waals surface area contributed by atoms with Gasteiger partial charge in [-0.05, 0) is 78.2 Å². The molecule has 1 atom stereocenters. The maximum absolute atomic E-state index is 12.6. The standard InChI is InChI=1S/C21H29BrN2O3S2/c1-21(2,12-15-10-16-6-4-5-7-17(16)11-15)23-13-18(25)14-24(3)29(26,27)20-9-8-19(22)28-20/h4-9,15,18,23,25H,10-14H2,1-3H3/t18-/m1/s1. The van der Waals surface area contributed by atoms with E-state index in [1.807, 2.05) is 0 Å². The molecule has 0 spiro atoms. The van der Waals surface area contributed by atoms with Crippen molar-refractivity contribution >= 4 is 37.3 Å². The van der Waals surface area contributed by atoms with Crippen LogP contribution in [0.5, 0.6) is 0 Å². The molecule has 1 aromatic carbocycles. The van der Waals surface area contributed by atoms with Crippen LogP contribution in [0.25, 0.3) is 0 Å². The van der Waals surface area contributed by atoms with Crippen LogP contribution in [0.3, 0.4) is 0 Å². The van der Waals surface area contributed by atoms with Crippen LogP contribution >= 0.6 is 27.3 Å². The van der Waals surface area contributed by atoms with Crippen molar-refractivity contribution < 1.29 is 13.5 Å². The molecule has 5 nitrogen and oxygen atoms in total. The minimum Gasteiger partial charge on any atom is -0.390 e. The molecule has 1 heterocycles. The van der Waals surface area contributed by atoms with Gasteiger partial charge >= 0.3 is 0 Å². The summed E-state index contributed by atoms with van der Waals surface area (Å²) < 4.78 is 27.5. The van der Waals surface area contributed by atoms with Gasteiger partial charge in [0.2, 0.25) is 0 Å². The first-order chi connectivity index (χ1) is 13.6. The van der Waals surface area contributed by atoms with E-state index in [9.17, 15) is 13.5 Å². The van der Waals surface area contributed by atoms with Gasteiger partial charge in [0, 0.05) is 25.7 Å². The number of hydrogen-bond acceptors (Lipinski definition) is 5. The average molecular weight is 502 g/mol. The highest BCUT2D eigenvalue weighted by Crippen LogP contribution is 2.32. The van der Waals surface area contributed by atoms with E-state index in [-0.39, 0.29) is 16.3 Å². The number of likely N-dealkylation sites (N-methyl/N-ethyl adjacent to an activating group) is 1.